The molecule has 2 heterocycles. The van der Waals surface area contributed by atoms with Gasteiger partial charge in [-0.15, -0.1) is 12.4 Å². The van der Waals surface area contributed by atoms with E-state index >= 15 is 0 Å². The maximum Gasteiger partial charge on any atom is 0.251 e. The summed E-state index contributed by atoms with van der Waals surface area (Å²) in [4.78, 5) is 33.6. The molecule has 0 unspecified atom stereocenters. The molecule has 26 heavy (non-hydrogen) atoms. The summed E-state index contributed by atoms with van der Waals surface area (Å²) < 4.78 is 0. The fourth-order valence-electron chi connectivity index (χ4n) is 2.82. The lowest BCUT2D eigenvalue weighted by molar-refractivity contribution is -0.122. The van der Waals surface area contributed by atoms with Gasteiger partial charge in [0.15, 0.2) is 0 Å². The summed E-state index contributed by atoms with van der Waals surface area (Å²) in [5.41, 5.74) is 8.54. The summed E-state index contributed by atoms with van der Waals surface area (Å²) in [5, 5.41) is 3.87. The second-order valence-electron chi connectivity index (χ2n) is 6.04. The van der Waals surface area contributed by atoms with Gasteiger partial charge in [-0.2, -0.15) is 0 Å². The first-order valence-corrected chi connectivity index (χ1v) is 8.18. The number of hydrogen-bond donors (Lipinski definition) is 4. The summed E-state index contributed by atoms with van der Waals surface area (Å²) in [6.45, 7) is 2.13. The Morgan fingerprint density at radius 1 is 1.35 bits per heavy atom. The quantitative estimate of drug-likeness (QED) is 0.518. The van der Waals surface area contributed by atoms with Gasteiger partial charge in [-0.25, -0.2) is 4.98 Å². The van der Waals surface area contributed by atoms with Crippen molar-refractivity contribution in [2.24, 2.45) is 5.73 Å². The third-order valence-corrected chi connectivity index (χ3v) is 4.03. The number of aryl methyl sites for hydroxylation is 1. The molecule has 1 amide bonds. The van der Waals surface area contributed by atoms with Crippen molar-refractivity contribution in [3.8, 4) is 0 Å². The standard InChI is InChI=1S/C18H21N5O2.ClH/c1-11-8-17(24)23-16(22-11)6-7-20-18(25)14(19)9-12-10-21-15-5-3-2-4-13(12)15;/h2-5,8,10,14,21H,6-7,9,19H2,1H3,(H,20,25)(H,22,23,24);1H/t14-;/m0./s1. The lowest BCUT2D eigenvalue weighted by Gasteiger charge is -2.12. The number of aromatic nitrogens is 3. The molecule has 3 aromatic rings. The van der Waals surface area contributed by atoms with E-state index in [-0.39, 0.29) is 23.9 Å². The van der Waals surface area contributed by atoms with E-state index in [2.05, 4.69) is 20.3 Å². The number of para-hydroxylation sites is 1. The smallest absolute Gasteiger partial charge is 0.251 e. The van der Waals surface area contributed by atoms with Crippen molar-refractivity contribution in [1.82, 2.24) is 20.3 Å². The number of nitrogens with zero attached hydrogens (tertiary/aromatic N) is 1. The van der Waals surface area contributed by atoms with Crippen LogP contribution in [0.4, 0.5) is 0 Å². The van der Waals surface area contributed by atoms with E-state index in [0.29, 0.717) is 30.9 Å². The molecule has 7 nitrogen and oxygen atoms in total. The number of aromatic amines is 2. The van der Waals surface area contributed by atoms with E-state index in [9.17, 15) is 9.59 Å². The van der Waals surface area contributed by atoms with Crippen LogP contribution in [0.2, 0.25) is 0 Å². The van der Waals surface area contributed by atoms with E-state index in [4.69, 9.17) is 5.73 Å². The largest absolute Gasteiger partial charge is 0.361 e. The van der Waals surface area contributed by atoms with E-state index in [1.54, 1.807) is 6.92 Å². The third-order valence-electron chi connectivity index (χ3n) is 4.03. The molecule has 0 aliphatic heterocycles. The molecule has 1 aromatic carbocycles. The molecule has 0 fully saturated rings. The number of hydrogen-bond acceptors (Lipinski definition) is 4. The molecule has 0 radical (unpaired) electrons. The highest BCUT2D eigenvalue weighted by molar-refractivity contribution is 5.86. The molecular weight excluding hydrogens is 354 g/mol. The number of fused-ring (bicyclic) bond motifs is 1. The van der Waals surface area contributed by atoms with Crippen LogP contribution in [0.5, 0.6) is 0 Å². The first kappa shape index (κ1) is 19.7. The number of halogens is 1. The molecule has 3 rings (SSSR count). The van der Waals surface area contributed by atoms with Crippen molar-refractivity contribution in [3.05, 3.63) is 64.0 Å². The monoisotopic (exact) mass is 375 g/mol. The van der Waals surface area contributed by atoms with Gasteiger partial charge in [0.1, 0.15) is 5.82 Å². The van der Waals surface area contributed by atoms with Gasteiger partial charge in [0.05, 0.1) is 6.04 Å². The Morgan fingerprint density at radius 2 is 2.12 bits per heavy atom. The number of benzene rings is 1. The Labute approximate surface area is 156 Å². The Kier molecular flexibility index (Phi) is 6.54. The molecule has 0 bridgehead atoms. The molecule has 8 heteroatoms. The van der Waals surface area contributed by atoms with E-state index in [0.717, 1.165) is 16.5 Å². The normalized spacial score (nSPS) is 11.8. The predicted molar refractivity (Wildman–Crippen MR) is 104 cm³/mol. The van der Waals surface area contributed by atoms with Crippen molar-refractivity contribution >= 4 is 29.2 Å². The Morgan fingerprint density at radius 3 is 2.88 bits per heavy atom. The SMILES string of the molecule is Cc1cc(=O)[nH]c(CCNC(=O)[C@@H](N)Cc2c[nH]c3ccccc23)n1.Cl. The summed E-state index contributed by atoms with van der Waals surface area (Å²) >= 11 is 0. The van der Waals surface area contributed by atoms with Gasteiger partial charge in [0.25, 0.3) is 5.56 Å². The maximum atomic E-state index is 12.2. The Bertz CT molecular complexity index is 950. The second-order valence-corrected chi connectivity index (χ2v) is 6.04. The van der Waals surface area contributed by atoms with Gasteiger partial charge >= 0.3 is 0 Å². The van der Waals surface area contributed by atoms with Crippen molar-refractivity contribution in [1.29, 1.82) is 0 Å². The minimum atomic E-state index is -0.635. The summed E-state index contributed by atoms with van der Waals surface area (Å²) in [6.07, 6.45) is 2.79. The number of carbonyl (C=O) groups is 1. The minimum absolute atomic E-state index is 0. The van der Waals surface area contributed by atoms with Gasteiger partial charge in [-0.1, -0.05) is 18.2 Å². The zero-order chi connectivity index (χ0) is 17.8. The summed E-state index contributed by atoms with van der Waals surface area (Å²) in [6, 6.07) is 8.70. The van der Waals surface area contributed by atoms with Crippen LogP contribution in [0.1, 0.15) is 17.1 Å². The number of H-pyrrole nitrogens is 2. The lowest BCUT2D eigenvalue weighted by Crippen LogP contribution is -2.42. The van der Waals surface area contributed by atoms with Crippen LogP contribution in [-0.2, 0) is 17.6 Å². The van der Waals surface area contributed by atoms with Gasteiger partial charge in [-0.3, -0.25) is 9.59 Å². The summed E-state index contributed by atoms with van der Waals surface area (Å²) in [5.74, 6) is 0.329. The number of amides is 1. The molecule has 1 atom stereocenters. The van der Waals surface area contributed by atoms with Crippen LogP contribution in [0.25, 0.3) is 10.9 Å². The number of nitrogens with one attached hydrogen (secondary N) is 3. The van der Waals surface area contributed by atoms with Crippen LogP contribution in [0.3, 0.4) is 0 Å². The van der Waals surface area contributed by atoms with Crippen molar-refractivity contribution < 1.29 is 4.79 Å². The molecule has 0 saturated heterocycles. The lowest BCUT2D eigenvalue weighted by atomic mass is 10.1. The molecule has 0 aliphatic carbocycles. The third kappa shape index (κ3) is 4.71. The topological polar surface area (TPSA) is 117 Å². The van der Waals surface area contributed by atoms with E-state index < -0.39 is 6.04 Å². The van der Waals surface area contributed by atoms with Crippen molar-refractivity contribution in [3.63, 3.8) is 0 Å². The highest BCUT2D eigenvalue weighted by atomic mass is 35.5. The maximum absolute atomic E-state index is 12.2. The van der Waals surface area contributed by atoms with Gasteiger partial charge in [0, 0.05) is 41.8 Å². The Balaban J connectivity index is 0.00000243. The van der Waals surface area contributed by atoms with E-state index in [1.807, 2.05) is 30.5 Å². The van der Waals surface area contributed by atoms with Crippen LogP contribution < -0.4 is 16.6 Å². The number of nitrogens with two attached hydrogens (primary N) is 1. The molecule has 0 aliphatic rings. The first-order valence-electron chi connectivity index (χ1n) is 8.18. The van der Waals surface area contributed by atoms with Crippen LogP contribution in [0.15, 0.2) is 41.3 Å². The molecular formula is C18H22ClN5O2. The molecule has 5 N–H and O–H groups in total. The van der Waals surface area contributed by atoms with Gasteiger partial charge in [0.2, 0.25) is 5.91 Å². The average molecular weight is 376 g/mol. The van der Waals surface area contributed by atoms with Crippen LogP contribution in [-0.4, -0.2) is 33.4 Å². The molecule has 0 saturated carbocycles. The van der Waals surface area contributed by atoms with Crippen molar-refractivity contribution in [2.45, 2.75) is 25.8 Å². The summed E-state index contributed by atoms with van der Waals surface area (Å²) in [7, 11) is 0. The zero-order valence-corrected chi connectivity index (χ0v) is 15.2. The minimum Gasteiger partial charge on any atom is -0.361 e. The fourth-order valence-corrected chi connectivity index (χ4v) is 2.82. The van der Waals surface area contributed by atoms with Gasteiger partial charge in [-0.05, 0) is 25.0 Å². The van der Waals surface area contributed by atoms with Crippen molar-refractivity contribution in [2.75, 3.05) is 6.54 Å². The van der Waals surface area contributed by atoms with Crippen LogP contribution >= 0.6 is 12.4 Å². The van der Waals surface area contributed by atoms with Gasteiger partial charge < -0.3 is 21.0 Å². The second kappa shape index (κ2) is 8.64. The highest BCUT2D eigenvalue weighted by Crippen LogP contribution is 2.18. The number of rotatable bonds is 6. The molecule has 138 valence electrons. The van der Waals surface area contributed by atoms with Crippen LogP contribution in [0, 0.1) is 6.92 Å². The highest BCUT2D eigenvalue weighted by Gasteiger charge is 2.15. The molecule has 0 spiro atoms. The Hall–Kier alpha value is -2.64. The van der Waals surface area contributed by atoms with E-state index in [1.165, 1.54) is 6.07 Å². The predicted octanol–water partition coefficient (Wildman–Crippen LogP) is 1.21. The average Bonchev–Trinajstić information content (AvgIpc) is 2.97. The first-order chi connectivity index (χ1) is 12.0. The number of carbonyl (C=O) groups excluding carboxylic acids is 1. The molecule has 2 aromatic heterocycles. The fraction of sp³-hybridized carbons (Fsp3) is 0.278. The zero-order valence-electron chi connectivity index (χ0n) is 14.4.